The number of benzene rings is 1. The van der Waals surface area contributed by atoms with Gasteiger partial charge in [-0.15, -0.1) is 0 Å². The van der Waals surface area contributed by atoms with Gasteiger partial charge in [-0.3, -0.25) is 14.4 Å². The number of nitrogens with one attached hydrogen (secondary N) is 2. The van der Waals surface area contributed by atoms with Crippen LogP contribution >= 0.6 is 0 Å². The molecule has 3 aromatic heterocycles. The average Bonchev–Trinajstić information content (AvgIpc) is 3.65. The molecule has 2 N–H and O–H groups in total. The SMILES string of the molecule is COc1ccc2cc1OCCCN(C(=O)CCc1c(C)nc3ncnn3c1C)CC(=O)N[C@@H](C(C)C)C(=O)NCc1nc-2oc1C. The molecule has 0 saturated carbocycles. The largest absolute Gasteiger partial charge is 0.493 e. The molecule has 244 valence electrons. The number of aromatic nitrogens is 5. The molecule has 0 fully saturated rings. The van der Waals surface area contributed by atoms with Crippen molar-refractivity contribution in [3.8, 4) is 23.0 Å². The Morgan fingerprint density at radius 3 is 2.74 bits per heavy atom. The lowest BCUT2D eigenvalue weighted by Gasteiger charge is -2.26. The standard InChI is InChI=1S/C32H40N8O6/c1-18(2)29-30(43)33-15-24-21(5)46-31(37-24)22-8-10-25(44-6)26(14-22)45-13-7-12-39(16-27(41)38-29)28(42)11-9-23-19(3)36-32-34-17-35-40(32)20(23)4/h8,10,14,17-18,29H,7,9,11-13,15-16H2,1-6H3,(H,33,43)(H,38,41)/t29-/m0/s1. The number of nitrogens with zero attached hydrogens (tertiary/aromatic N) is 6. The fourth-order valence-corrected chi connectivity index (χ4v) is 5.48. The minimum atomic E-state index is -0.812. The van der Waals surface area contributed by atoms with E-state index >= 15 is 0 Å². The summed E-state index contributed by atoms with van der Waals surface area (Å²) >= 11 is 0. The molecule has 0 saturated heterocycles. The zero-order chi connectivity index (χ0) is 33.0. The highest BCUT2D eigenvalue weighted by Crippen LogP contribution is 2.33. The van der Waals surface area contributed by atoms with Gasteiger partial charge in [-0.05, 0) is 63.3 Å². The van der Waals surface area contributed by atoms with Gasteiger partial charge in [-0.1, -0.05) is 13.8 Å². The zero-order valence-electron chi connectivity index (χ0n) is 27.0. The van der Waals surface area contributed by atoms with Gasteiger partial charge in [0.1, 0.15) is 23.8 Å². The summed E-state index contributed by atoms with van der Waals surface area (Å²) in [5.41, 5.74) is 3.78. The molecular weight excluding hydrogens is 592 g/mol. The van der Waals surface area contributed by atoms with Crippen molar-refractivity contribution in [3.63, 3.8) is 0 Å². The van der Waals surface area contributed by atoms with E-state index in [9.17, 15) is 14.4 Å². The second kappa shape index (κ2) is 14.0. The molecule has 0 spiro atoms. The first kappa shape index (κ1) is 32.4. The van der Waals surface area contributed by atoms with Gasteiger partial charge >= 0.3 is 0 Å². The monoisotopic (exact) mass is 632 g/mol. The van der Waals surface area contributed by atoms with Crippen LogP contribution in [0, 0.1) is 26.7 Å². The van der Waals surface area contributed by atoms with Gasteiger partial charge in [0, 0.05) is 29.9 Å². The minimum absolute atomic E-state index is 0.117. The fraction of sp³-hybridized carbons (Fsp3) is 0.469. The highest BCUT2D eigenvalue weighted by atomic mass is 16.5. The molecule has 1 aliphatic heterocycles. The van der Waals surface area contributed by atoms with Crippen LogP contribution in [0.25, 0.3) is 17.2 Å². The molecule has 0 radical (unpaired) electrons. The molecule has 46 heavy (non-hydrogen) atoms. The smallest absolute Gasteiger partial charge is 0.252 e. The molecule has 0 unspecified atom stereocenters. The molecule has 0 aliphatic carbocycles. The maximum Gasteiger partial charge on any atom is 0.252 e. The molecule has 1 atom stereocenters. The maximum absolute atomic E-state index is 13.6. The number of amides is 3. The van der Waals surface area contributed by atoms with Crippen LogP contribution in [0.3, 0.4) is 0 Å². The third-order valence-corrected chi connectivity index (χ3v) is 8.09. The quantitative estimate of drug-likeness (QED) is 0.334. The van der Waals surface area contributed by atoms with E-state index < -0.39 is 11.9 Å². The highest BCUT2D eigenvalue weighted by Gasteiger charge is 2.27. The number of carbonyl (C=O) groups is 3. The summed E-state index contributed by atoms with van der Waals surface area (Å²) in [6.07, 6.45) is 2.45. The summed E-state index contributed by atoms with van der Waals surface area (Å²) in [7, 11) is 1.55. The lowest BCUT2D eigenvalue weighted by molar-refractivity contribution is -0.137. The van der Waals surface area contributed by atoms with Crippen molar-refractivity contribution >= 4 is 23.5 Å². The van der Waals surface area contributed by atoms with Crippen molar-refractivity contribution in [1.29, 1.82) is 0 Å². The van der Waals surface area contributed by atoms with Crippen molar-refractivity contribution in [1.82, 2.24) is 40.1 Å². The second-order valence-corrected chi connectivity index (χ2v) is 11.6. The number of hydrogen-bond acceptors (Lipinski definition) is 10. The third kappa shape index (κ3) is 7.11. The van der Waals surface area contributed by atoms with Crippen molar-refractivity contribution in [2.45, 2.75) is 66.5 Å². The van der Waals surface area contributed by atoms with E-state index in [0.29, 0.717) is 53.0 Å². The van der Waals surface area contributed by atoms with Crippen LogP contribution in [0.15, 0.2) is 28.9 Å². The summed E-state index contributed by atoms with van der Waals surface area (Å²) in [5, 5.41) is 9.94. The van der Waals surface area contributed by atoms with Crippen molar-refractivity contribution < 1.29 is 28.3 Å². The van der Waals surface area contributed by atoms with Crippen LogP contribution in [-0.2, 0) is 27.3 Å². The Balaban J connectivity index is 1.38. The minimum Gasteiger partial charge on any atom is -0.493 e. The van der Waals surface area contributed by atoms with Crippen LogP contribution in [-0.4, -0.2) is 80.0 Å². The number of oxazole rings is 1. The summed E-state index contributed by atoms with van der Waals surface area (Å²) in [6, 6.07) is 4.56. The Labute approximate surface area is 266 Å². The highest BCUT2D eigenvalue weighted by molar-refractivity contribution is 5.90. The molecule has 4 bridgehead atoms. The number of ether oxygens (including phenoxy) is 2. The summed E-state index contributed by atoms with van der Waals surface area (Å²) in [4.78, 5) is 54.9. The van der Waals surface area contributed by atoms with Gasteiger partial charge in [0.2, 0.25) is 23.6 Å². The van der Waals surface area contributed by atoms with Gasteiger partial charge in [0.05, 0.1) is 26.8 Å². The molecule has 4 aromatic rings. The second-order valence-electron chi connectivity index (χ2n) is 11.6. The molecule has 3 amide bonds. The van der Waals surface area contributed by atoms with E-state index in [1.807, 2.05) is 33.8 Å². The van der Waals surface area contributed by atoms with Crippen LogP contribution < -0.4 is 20.1 Å². The lowest BCUT2D eigenvalue weighted by atomic mass is 10.0. The van der Waals surface area contributed by atoms with Gasteiger partial charge in [0.15, 0.2) is 11.5 Å². The number of methoxy groups -OCH3 is 1. The van der Waals surface area contributed by atoms with E-state index in [0.717, 1.165) is 17.0 Å². The van der Waals surface area contributed by atoms with E-state index in [4.69, 9.17) is 13.9 Å². The number of hydrogen-bond donors (Lipinski definition) is 2. The Bertz CT molecular complexity index is 1750. The van der Waals surface area contributed by atoms with Crippen molar-refractivity contribution in [2.75, 3.05) is 26.8 Å². The first-order valence-electron chi connectivity index (χ1n) is 15.3. The van der Waals surface area contributed by atoms with Gasteiger partial charge in [-0.2, -0.15) is 10.1 Å². The first-order chi connectivity index (χ1) is 22.0. The fourth-order valence-electron chi connectivity index (χ4n) is 5.48. The van der Waals surface area contributed by atoms with E-state index in [-0.39, 0.29) is 50.4 Å². The first-order valence-corrected chi connectivity index (χ1v) is 15.3. The number of carbonyl (C=O) groups excluding carboxylic acids is 3. The average molecular weight is 633 g/mol. The van der Waals surface area contributed by atoms with Gasteiger partial charge in [-0.25, -0.2) is 14.5 Å². The topological polar surface area (TPSA) is 166 Å². The van der Waals surface area contributed by atoms with E-state index in [1.165, 1.54) is 11.2 Å². The predicted octanol–water partition coefficient (Wildman–Crippen LogP) is 2.71. The van der Waals surface area contributed by atoms with Crippen LogP contribution in [0.1, 0.15) is 55.1 Å². The predicted molar refractivity (Wildman–Crippen MR) is 167 cm³/mol. The molecule has 5 rings (SSSR count). The van der Waals surface area contributed by atoms with Crippen molar-refractivity contribution in [2.24, 2.45) is 5.92 Å². The Kier molecular flexibility index (Phi) is 9.83. The zero-order valence-corrected chi connectivity index (χ0v) is 27.0. The molecule has 14 nitrogen and oxygen atoms in total. The van der Waals surface area contributed by atoms with E-state index in [1.54, 1.807) is 30.7 Å². The number of aryl methyl sites for hydroxylation is 3. The van der Waals surface area contributed by atoms with Gasteiger partial charge in [0.25, 0.3) is 5.78 Å². The molecule has 4 heterocycles. The molecule has 14 heteroatoms. The third-order valence-electron chi connectivity index (χ3n) is 8.09. The normalized spacial score (nSPS) is 16.4. The molecule has 1 aromatic carbocycles. The maximum atomic E-state index is 13.6. The van der Waals surface area contributed by atoms with Gasteiger partial charge < -0.3 is 29.4 Å². The summed E-state index contributed by atoms with van der Waals surface area (Å²) < 4.78 is 19.1. The van der Waals surface area contributed by atoms with E-state index in [2.05, 4.69) is 30.7 Å². The summed E-state index contributed by atoms with van der Waals surface area (Å²) in [5.74, 6) is 1.27. The Morgan fingerprint density at radius 1 is 1.17 bits per heavy atom. The lowest BCUT2D eigenvalue weighted by Crippen LogP contribution is -2.52. The van der Waals surface area contributed by atoms with Crippen molar-refractivity contribution in [3.05, 3.63) is 52.9 Å². The van der Waals surface area contributed by atoms with Crippen LogP contribution in [0.2, 0.25) is 0 Å². The number of fused-ring (bicyclic) bond motifs is 6. The van der Waals surface area contributed by atoms with Crippen LogP contribution in [0.5, 0.6) is 11.5 Å². The van der Waals surface area contributed by atoms with Crippen LogP contribution in [0.4, 0.5) is 0 Å². The Hall–Kier alpha value is -5.01. The summed E-state index contributed by atoms with van der Waals surface area (Å²) in [6.45, 7) is 9.69. The molecular formula is C32H40N8O6. The molecule has 1 aliphatic rings. The Morgan fingerprint density at radius 2 is 1.98 bits per heavy atom. The number of rotatable bonds is 5.